The van der Waals surface area contributed by atoms with Gasteiger partial charge in [0.05, 0.1) is 16.9 Å². The van der Waals surface area contributed by atoms with Gasteiger partial charge >= 0.3 is 0 Å². The number of hydrogen-bond acceptors (Lipinski definition) is 4. The number of nitrogens with one attached hydrogen (secondary N) is 1. The van der Waals surface area contributed by atoms with Crippen LogP contribution in [0.5, 0.6) is 11.5 Å². The summed E-state index contributed by atoms with van der Waals surface area (Å²) in [7, 11) is 1.63. The van der Waals surface area contributed by atoms with Gasteiger partial charge in [0, 0.05) is 0 Å². The number of methoxy groups -OCH3 is 1. The van der Waals surface area contributed by atoms with Crippen molar-refractivity contribution >= 4 is 34.7 Å². The lowest BCUT2D eigenvalue weighted by atomic mass is 10.1. The average Bonchev–Trinajstić information content (AvgIpc) is 2.56. The summed E-state index contributed by atoms with van der Waals surface area (Å²) in [5, 5.41) is 3.93. The highest BCUT2D eigenvalue weighted by Crippen LogP contribution is 2.20. The smallest absolute Gasteiger partial charge is 0.277 e. The minimum atomic E-state index is -0.312. The monoisotopic (exact) mass is 438 g/mol. The molecule has 2 aromatic carbocycles. The van der Waals surface area contributed by atoms with Gasteiger partial charge in [-0.1, -0.05) is 6.07 Å². The molecule has 0 aliphatic heterocycles. The molecule has 0 radical (unpaired) electrons. The zero-order valence-electron chi connectivity index (χ0n) is 13.8. The third-order valence-electron chi connectivity index (χ3n) is 3.43. The van der Waals surface area contributed by atoms with Crippen LogP contribution in [0.2, 0.25) is 0 Å². The van der Waals surface area contributed by atoms with Crippen molar-refractivity contribution in [2.75, 3.05) is 13.7 Å². The Balaban J connectivity index is 1.84. The second kappa shape index (κ2) is 8.68. The van der Waals surface area contributed by atoms with Crippen molar-refractivity contribution in [1.29, 1.82) is 0 Å². The van der Waals surface area contributed by atoms with Gasteiger partial charge in [0.15, 0.2) is 6.61 Å². The molecule has 2 rings (SSSR count). The largest absolute Gasteiger partial charge is 0.496 e. The van der Waals surface area contributed by atoms with Crippen molar-refractivity contribution in [1.82, 2.24) is 5.43 Å². The topological polar surface area (TPSA) is 59.9 Å². The maximum Gasteiger partial charge on any atom is 0.277 e. The molecule has 0 bridgehead atoms. The first-order valence-corrected chi connectivity index (χ1v) is 8.43. The van der Waals surface area contributed by atoms with Gasteiger partial charge in [-0.2, -0.15) is 5.10 Å². The number of amides is 1. The number of carbonyl (C=O) groups excluding carboxylic acids is 1. The summed E-state index contributed by atoms with van der Waals surface area (Å²) < 4.78 is 11.6. The molecule has 0 aliphatic carbocycles. The van der Waals surface area contributed by atoms with Gasteiger partial charge in [0.1, 0.15) is 11.5 Å². The Morgan fingerprint density at radius 3 is 2.67 bits per heavy atom. The fourth-order valence-electron chi connectivity index (χ4n) is 1.93. The van der Waals surface area contributed by atoms with Crippen LogP contribution in [0.15, 0.2) is 41.5 Å². The van der Waals surface area contributed by atoms with Crippen LogP contribution in [0.1, 0.15) is 16.7 Å². The highest BCUT2D eigenvalue weighted by Gasteiger charge is 2.03. The maximum absolute atomic E-state index is 11.8. The predicted molar refractivity (Wildman–Crippen MR) is 103 cm³/mol. The Bertz CT molecular complexity index is 760. The average molecular weight is 438 g/mol. The minimum absolute atomic E-state index is 0.0833. The van der Waals surface area contributed by atoms with E-state index >= 15 is 0 Å². The number of aryl methyl sites for hydroxylation is 2. The molecular formula is C18H19IN2O3. The van der Waals surface area contributed by atoms with E-state index < -0.39 is 0 Å². The number of nitrogens with zero attached hydrogens (tertiary/aromatic N) is 1. The van der Waals surface area contributed by atoms with Crippen molar-refractivity contribution in [3.8, 4) is 11.5 Å². The Morgan fingerprint density at radius 1 is 1.21 bits per heavy atom. The molecule has 126 valence electrons. The van der Waals surface area contributed by atoms with Crippen LogP contribution in [0, 0.1) is 17.4 Å². The Labute approximate surface area is 155 Å². The van der Waals surface area contributed by atoms with Crippen LogP contribution in [0.3, 0.4) is 0 Å². The molecule has 0 aromatic heterocycles. The fraction of sp³-hybridized carbons (Fsp3) is 0.222. The van der Waals surface area contributed by atoms with Crippen molar-refractivity contribution in [2.45, 2.75) is 13.8 Å². The van der Waals surface area contributed by atoms with Gasteiger partial charge in [0.2, 0.25) is 0 Å². The van der Waals surface area contributed by atoms with Gasteiger partial charge in [-0.15, -0.1) is 0 Å². The van der Waals surface area contributed by atoms with Gasteiger partial charge in [-0.3, -0.25) is 4.79 Å². The highest BCUT2D eigenvalue weighted by molar-refractivity contribution is 14.1. The lowest BCUT2D eigenvalue weighted by Gasteiger charge is -2.07. The molecule has 0 aliphatic rings. The highest BCUT2D eigenvalue weighted by atomic mass is 127. The molecule has 2 aromatic rings. The second-order valence-corrected chi connectivity index (χ2v) is 6.38. The quantitative estimate of drug-likeness (QED) is 0.427. The Kier molecular flexibility index (Phi) is 6.60. The van der Waals surface area contributed by atoms with Crippen LogP contribution < -0.4 is 14.9 Å². The van der Waals surface area contributed by atoms with E-state index in [1.807, 2.05) is 50.2 Å². The predicted octanol–water partition coefficient (Wildman–Crippen LogP) is 3.45. The number of rotatable bonds is 6. The third kappa shape index (κ3) is 5.23. The van der Waals surface area contributed by atoms with Gasteiger partial charge < -0.3 is 9.47 Å². The molecule has 1 N–H and O–H groups in total. The van der Waals surface area contributed by atoms with E-state index in [4.69, 9.17) is 9.47 Å². The lowest BCUT2D eigenvalue weighted by Crippen LogP contribution is -2.24. The standard InChI is InChI=1S/C18H19IN2O3/c1-12-4-6-15(8-13(12)2)24-11-18(22)21-20-10-14-5-7-17(23-3)16(19)9-14/h4-10H,11H2,1-3H3,(H,21,22)/b20-10-. The van der Waals surface area contributed by atoms with E-state index in [9.17, 15) is 4.79 Å². The molecule has 6 heteroatoms. The minimum Gasteiger partial charge on any atom is -0.496 e. The maximum atomic E-state index is 11.8. The summed E-state index contributed by atoms with van der Waals surface area (Å²) in [4.78, 5) is 11.8. The van der Waals surface area contributed by atoms with E-state index in [2.05, 4.69) is 33.1 Å². The van der Waals surface area contributed by atoms with E-state index in [0.29, 0.717) is 5.75 Å². The van der Waals surface area contributed by atoms with Gasteiger partial charge in [0.25, 0.3) is 5.91 Å². The number of ether oxygens (including phenoxy) is 2. The first-order valence-electron chi connectivity index (χ1n) is 7.35. The number of benzene rings is 2. The first kappa shape index (κ1) is 18.3. The molecule has 0 saturated carbocycles. The lowest BCUT2D eigenvalue weighted by molar-refractivity contribution is -0.123. The van der Waals surface area contributed by atoms with Crippen LogP contribution in [0.25, 0.3) is 0 Å². The summed E-state index contributed by atoms with van der Waals surface area (Å²) in [5.74, 6) is 1.16. The Hall–Kier alpha value is -2.09. The van der Waals surface area contributed by atoms with E-state index in [1.54, 1.807) is 13.3 Å². The zero-order valence-corrected chi connectivity index (χ0v) is 16.0. The van der Waals surface area contributed by atoms with Crippen molar-refractivity contribution in [3.63, 3.8) is 0 Å². The van der Waals surface area contributed by atoms with Crippen molar-refractivity contribution in [2.24, 2.45) is 5.10 Å². The van der Waals surface area contributed by atoms with Gasteiger partial charge in [-0.05, 0) is 83.5 Å². The van der Waals surface area contributed by atoms with Crippen LogP contribution in [0.4, 0.5) is 0 Å². The molecule has 24 heavy (non-hydrogen) atoms. The second-order valence-electron chi connectivity index (χ2n) is 5.22. The fourth-order valence-corrected chi connectivity index (χ4v) is 2.69. The SMILES string of the molecule is COc1ccc(/C=N\NC(=O)COc2ccc(C)c(C)c2)cc1I. The van der Waals surface area contributed by atoms with Crippen LogP contribution in [-0.4, -0.2) is 25.8 Å². The van der Waals surface area contributed by atoms with E-state index in [0.717, 1.165) is 20.4 Å². The number of hydrazone groups is 1. The molecule has 0 unspecified atom stereocenters. The molecule has 0 fully saturated rings. The van der Waals surface area contributed by atoms with Gasteiger partial charge in [-0.25, -0.2) is 5.43 Å². The van der Waals surface area contributed by atoms with Crippen LogP contribution in [-0.2, 0) is 4.79 Å². The number of hydrogen-bond donors (Lipinski definition) is 1. The third-order valence-corrected chi connectivity index (χ3v) is 4.27. The summed E-state index contributed by atoms with van der Waals surface area (Å²) in [6, 6.07) is 11.4. The van der Waals surface area contributed by atoms with E-state index in [-0.39, 0.29) is 12.5 Å². The Morgan fingerprint density at radius 2 is 2.00 bits per heavy atom. The summed E-state index contributed by atoms with van der Waals surface area (Å²) in [6.45, 7) is 3.95. The molecular weight excluding hydrogens is 419 g/mol. The first-order chi connectivity index (χ1) is 11.5. The number of halogens is 1. The molecule has 0 heterocycles. The molecule has 0 spiro atoms. The molecule has 0 saturated heterocycles. The van der Waals surface area contributed by atoms with Crippen molar-refractivity contribution < 1.29 is 14.3 Å². The molecule has 0 atom stereocenters. The van der Waals surface area contributed by atoms with E-state index in [1.165, 1.54) is 5.56 Å². The summed E-state index contributed by atoms with van der Waals surface area (Å²) in [5.41, 5.74) is 5.63. The summed E-state index contributed by atoms with van der Waals surface area (Å²) in [6.07, 6.45) is 1.58. The molecule has 5 nitrogen and oxygen atoms in total. The number of carbonyl (C=O) groups is 1. The van der Waals surface area contributed by atoms with Crippen LogP contribution >= 0.6 is 22.6 Å². The summed E-state index contributed by atoms with van der Waals surface area (Å²) >= 11 is 2.18. The molecule has 1 amide bonds. The van der Waals surface area contributed by atoms with Crippen molar-refractivity contribution in [3.05, 3.63) is 56.7 Å². The zero-order chi connectivity index (χ0) is 17.5. The normalized spacial score (nSPS) is 10.7.